The van der Waals surface area contributed by atoms with E-state index in [-0.39, 0.29) is 0 Å². The van der Waals surface area contributed by atoms with Crippen molar-refractivity contribution in [3.8, 4) is 5.75 Å². The number of nitrogens with zero attached hydrogens (tertiary/aromatic N) is 1. The van der Waals surface area contributed by atoms with Crippen LogP contribution >= 0.6 is 11.3 Å². The third-order valence-electron chi connectivity index (χ3n) is 3.69. The van der Waals surface area contributed by atoms with Gasteiger partial charge in [-0.3, -0.25) is 9.59 Å². The number of thiophene rings is 1. The van der Waals surface area contributed by atoms with Gasteiger partial charge in [0.25, 0.3) is 0 Å². The van der Waals surface area contributed by atoms with Crippen molar-refractivity contribution in [3.05, 3.63) is 82.0 Å². The van der Waals surface area contributed by atoms with Crippen LogP contribution < -0.4 is 15.5 Å². The Morgan fingerprint density at radius 2 is 1.79 bits per heavy atom. The zero-order chi connectivity index (χ0) is 20.6. The summed E-state index contributed by atoms with van der Waals surface area (Å²) in [5.74, 6) is -1.84. The Hall–Kier alpha value is -3.78. The topological polar surface area (TPSA) is 96.9 Å². The van der Waals surface area contributed by atoms with Crippen LogP contribution in [0.1, 0.15) is 20.8 Å². The second-order valence-corrected chi connectivity index (χ2v) is 6.91. The molecule has 2 aromatic carbocycles. The van der Waals surface area contributed by atoms with Crippen LogP contribution in [-0.4, -0.2) is 24.0 Å². The molecule has 2 amide bonds. The molecule has 0 fully saturated rings. The molecule has 0 saturated carbocycles. The smallest absolute Gasteiger partial charge is 0.353 e. The summed E-state index contributed by atoms with van der Waals surface area (Å²) in [7, 11) is 0. The normalized spacial score (nSPS) is 10.5. The molecule has 8 heteroatoms. The Morgan fingerprint density at radius 1 is 1.00 bits per heavy atom. The molecule has 0 spiro atoms. The zero-order valence-corrected chi connectivity index (χ0v) is 16.2. The number of carbonyl (C=O) groups is 3. The minimum atomic E-state index is -0.901. The maximum Gasteiger partial charge on any atom is 0.353 e. The van der Waals surface area contributed by atoms with Gasteiger partial charge < -0.3 is 10.1 Å². The number of hydrogen-bond acceptors (Lipinski definition) is 6. The first-order chi connectivity index (χ1) is 14.0. The predicted octanol–water partition coefficient (Wildman–Crippen LogP) is 3.36. The molecule has 7 nitrogen and oxygen atoms in total. The number of esters is 1. The highest BCUT2D eigenvalue weighted by atomic mass is 32.1. The van der Waals surface area contributed by atoms with E-state index in [2.05, 4.69) is 15.8 Å². The van der Waals surface area contributed by atoms with Crippen LogP contribution in [0.2, 0.25) is 0 Å². The number of anilines is 1. The van der Waals surface area contributed by atoms with Crippen molar-refractivity contribution in [2.45, 2.75) is 6.92 Å². The SMILES string of the molecule is Cc1ccc(NC(=O)C(=O)N/N=C/c2cccc(OC(=O)c3cccs3)c2)cc1. The number of rotatable bonds is 5. The second-order valence-electron chi connectivity index (χ2n) is 5.96. The number of benzene rings is 2. The summed E-state index contributed by atoms with van der Waals surface area (Å²) in [6.45, 7) is 1.92. The summed E-state index contributed by atoms with van der Waals surface area (Å²) in [5.41, 5.74) is 4.30. The van der Waals surface area contributed by atoms with Crippen molar-refractivity contribution in [2.75, 3.05) is 5.32 Å². The Balaban J connectivity index is 1.54. The largest absolute Gasteiger partial charge is 0.422 e. The number of carbonyl (C=O) groups excluding carboxylic acids is 3. The molecule has 0 saturated heterocycles. The van der Waals surface area contributed by atoms with E-state index >= 15 is 0 Å². The van der Waals surface area contributed by atoms with E-state index in [9.17, 15) is 14.4 Å². The average molecular weight is 407 g/mol. The molecule has 1 aromatic heterocycles. The lowest BCUT2D eigenvalue weighted by atomic mass is 10.2. The number of amides is 2. The number of hydrazone groups is 1. The summed E-state index contributed by atoms with van der Waals surface area (Å²) in [4.78, 5) is 36.2. The standard InChI is InChI=1S/C21H17N3O4S/c1-14-7-9-16(10-8-14)23-19(25)20(26)24-22-13-15-4-2-5-17(12-15)28-21(27)18-6-3-11-29-18/h2-13H,1H3,(H,23,25)(H,24,26)/b22-13+. The van der Waals surface area contributed by atoms with E-state index in [1.807, 2.05) is 19.1 Å². The van der Waals surface area contributed by atoms with Gasteiger partial charge in [-0.15, -0.1) is 11.3 Å². The van der Waals surface area contributed by atoms with Crippen LogP contribution in [-0.2, 0) is 9.59 Å². The Kier molecular flexibility index (Phi) is 6.49. The predicted molar refractivity (Wildman–Crippen MR) is 111 cm³/mol. The van der Waals surface area contributed by atoms with E-state index in [0.717, 1.165) is 5.56 Å². The lowest BCUT2D eigenvalue weighted by Gasteiger charge is -2.04. The molecule has 0 unspecified atom stereocenters. The van der Waals surface area contributed by atoms with Gasteiger partial charge in [0.2, 0.25) is 0 Å². The van der Waals surface area contributed by atoms with Gasteiger partial charge in [0.15, 0.2) is 0 Å². The molecule has 0 aliphatic heterocycles. The molecular formula is C21H17N3O4S. The van der Waals surface area contributed by atoms with Gasteiger partial charge in [-0.25, -0.2) is 10.2 Å². The zero-order valence-electron chi connectivity index (χ0n) is 15.4. The molecule has 0 bridgehead atoms. The van der Waals surface area contributed by atoms with Crippen molar-refractivity contribution in [3.63, 3.8) is 0 Å². The van der Waals surface area contributed by atoms with Gasteiger partial charge in [-0.1, -0.05) is 35.9 Å². The van der Waals surface area contributed by atoms with Crippen LogP contribution in [0.3, 0.4) is 0 Å². The van der Waals surface area contributed by atoms with Crippen LogP contribution in [0, 0.1) is 6.92 Å². The molecule has 0 radical (unpaired) electrons. The molecule has 0 atom stereocenters. The average Bonchev–Trinajstić information content (AvgIpc) is 3.25. The van der Waals surface area contributed by atoms with Crippen LogP contribution in [0.25, 0.3) is 0 Å². The molecule has 3 rings (SSSR count). The summed E-state index contributed by atoms with van der Waals surface area (Å²) in [6, 6.07) is 17.1. The minimum absolute atomic E-state index is 0.343. The maximum atomic E-state index is 12.0. The molecule has 2 N–H and O–H groups in total. The van der Waals surface area contributed by atoms with Crippen molar-refractivity contribution in [1.82, 2.24) is 5.43 Å². The van der Waals surface area contributed by atoms with Crippen molar-refractivity contribution >= 4 is 41.0 Å². The monoisotopic (exact) mass is 407 g/mol. The van der Waals surface area contributed by atoms with E-state index in [4.69, 9.17) is 4.74 Å². The fraction of sp³-hybridized carbons (Fsp3) is 0.0476. The third-order valence-corrected chi connectivity index (χ3v) is 4.54. The highest BCUT2D eigenvalue weighted by molar-refractivity contribution is 7.12. The van der Waals surface area contributed by atoms with Crippen LogP contribution in [0.15, 0.2) is 71.1 Å². The molecule has 0 aliphatic carbocycles. The van der Waals surface area contributed by atoms with E-state index in [1.54, 1.807) is 53.9 Å². The summed E-state index contributed by atoms with van der Waals surface area (Å²) in [5, 5.41) is 8.03. The quantitative estimate of drug-likeness (QED) is 0.223. The lowest BCUT2D eigenvalue weighted by Crippen LogP contribution is -2.32. The van der Waals surface area contributed by atoms with Crippen molar-refractivity contribution in [2.24, 2.45) is 5.10 Å². The molecule has 0 aliphatic rings. The second kappa shape index (κ2) is 9.43. The highest BCUT2D eigenvalue weighted by Crippen LogP contribution is 2.16. The van der Waals surface area contributed by atoms with E-state index in [0.29, 0.717) is 21.9 Å². The highest BCUT2D eigenvalue weighted by Gasteiger charge is 2.13. The molecule has 29 heavy (non-hydrogen) atoms. The first-order valence-electron chi connectivity index (χ1n) is 8.58. The molecule has 1 heterocycles. The molecule has 146 valence electrons. The van der Waals surface area contributed by atoms with Crippen molar-refractivity contribution in [1.29, 1.82) is 0 Å². The maximum absolute atomic E-state index is 12.0. The van der Waals surface area contributed by atoms with Gasteiger partial charge in [-0.05, 0) is 48.2 Å². The van der Waals surface area contributed by atoms with E-state index < -0.39 is 17.8 Å². The Morgan fingerprint density at radius 3 is 2.52 bits per heavy atom. The molecular weight excluding hydrogens is 390 g/mol. The Labute approximate surface area is 171 Å². The summed E-state index contributed by atoms with van der Waals surface area (Å²) < 4.78 is 5.30. The third kappa shape index (κ3) is 5.85. The van der Waals surface area contributed by atoms with Gasteiger partial charge in [0, 0.05) is 5.69 Å². The summed E-state index contributed by atoms with van der Waals surface area (Å²) >= 11 is 1.29. The van der Waals surface area contributed by atoms with Gasteiger partial charge >= 0.3 is 17.8 Å². The summed E-state index contributed by atoms with van der Waals surface area (Å²) in [6.07, 6.45) is 1.35. The number of aryl methyl sites for hydroxylation is 1. The first-order valence-corrected chi connectivity index (χ1v) is 9.46. The number of nitrogens with one attached hydrogen (secondary N) is 2. The van der Waals surface area contributed by atoms with Gasteiger partial charge in [0.1, 0.15) is 10.6 Å². The fourth-order valence-corrected chi connectivity index (χ4v) is 2.85. The van der Waals surface area contributed by atoms with Gasteiger partial charge in [0.05, 0.1) is 6.21 Å². The lowest BCUT2D eigenvalue weighted by molar-refractivity contribution is -0.136. The first kappa shape index (κ1) is 20.0. The molecule has 3 aromatic rings. The van der Waals surface area contributed by atoms with Crippen molar-refractivity contribution < 1.29 is 19.1 Å². The fourth-order valence-electron chi connectivity index (χ4n) is 2.25. The van der Waals surface area contributed by atoms with Crippen LogP contribution in [0.5, 0.6) is 5.75 Å². The van der Waals surface area contributed by atoms with E-state index in [1.165, 1.54) is 17.6 Å². The van der Waals surface area contributed by atoms with Gasteiger partial charge in [-0.2, -0.15) is 5.10 Å². The minimum Gasteiger partial charge on any atom is -0.422 e. The van der Waals surface area contributed by atoms with Crippen LogP contribution in [0.4, 0.5) is 5.69 Å². The Bertz CT molecular complexity index is 1040. The number of hydrogen-bond donors (Lipinski definition) is 2. The number of ether oxygens (including phenoxy) is 1.